The van der Waals surface area contributed by atoms with Gasteiger partial charge in [0.25, 0.3) is 0 Å². The Bertz CT molecular complexity index is 677. The van der Waals surface area contributed by atoms with Crippen LogP contribution in [0.3, 0.4) is 0 Å². The van der Waals surface area contributed by atoms with Gasteiger partial charge >= 0.3 is 5.97 Å². The Labute approximate surface area is 146 Å². The number of ether oxygens (including phenoxy) is 1. The SMILES string of the molecule is CC(OCc1ccccc1)C(C(=O)O)N1CC2(CCNC(=O)C2)C1=O. The molecule has 0 radical (unpaired) electrons. The number of carboxylic acids is 1. The lowest BCUT2D eigenvalue weighted by molar-refractivity contribution is -0.183. The molecule has 2 fully saturated rings. The molecule has 1 spiro atoms. The van der Waals surface area contributed by atoms with E-state index in [9.17, 15) is 19.5 Å². The summed E-state index contributed by atoms with van der Waals surface area (Å²) in [5, 5.41) is 12.3. The summed E-state index contributed by atoms with van der Waals surface area (Å²) < 4.78 is 5.70. The molecule has 2 heterocycles. The zero-order valence-electron chi connectivity index (χ0n) is 14.1. The van der Waals surface area contributed by atoms with Gasteiger partial charge in [0.1, 0.15) is 0 Å². The maximum atomic E-state index is 12.6. The van der Waals surface area contributed by atoms with Gasteiger partial charge in [0.2, 0.25) is 11.8 Å². The van der Waals surface area contributed by atoms with Crippen LogP contribution >= 0.6 is 0 Å². The van der Waals surface area contributed by atoms with E-state index < -0.39 is 23.5 Å². The second-order valence-corrected chi connectivity index (χ2v) is 6.77. The monoisotopic (exact) mass is 346 g/mol. The highest BCUT2D eigenvalue weighted by molar-refractivity contribution is 5.97. The van der Waals surface area contributed by atoms with Crippen LogP contribution in [0.2, 0.25) is 0 Å². The number of rotatable bonds is 6. The van der Waals surface area contributed by atoms with Crippen LogP contribution < -0.4 is 5.32 Å². The number of piperidine rings is 1. The van der Waals surface area contributed by atoms with E-state index in [0.717, 1.165) is 5.56 Å². The third kappa shape index (κ3) is 3.37. The fraction of sp³-hybridized carbons (Fsp3) is 0.500. The highest BCUT2D eigenvalue weighted by Crippen LogP contribution is 2.42. The number of amides is 2. The van der Waals surface area contributed by atoms with Crippen molar-refractivity contribution in [3.05, 3.63) is 35.9 Å². The molecule has 0 bridgehead atoms. The minimum absolute atomic E-state index is 0.133. The number of nitrogens with zero attached hydrogens (tertiary/aromatic N) is 1. The van der Waals surface area contributed by atoms with Crippen LogP contribution in [-0.4, -0.2) is 53.0 Å². The maximum absolute atomic E-state index is 12.6. The van der Waals surface area contributed by atoms with Gasteiger partial charge in [-0.15, -0.1) is 0 Å². The normalized spacial score (nSPS) is 25.2. The van der Waals surface area contributed by atoms with Gasteiger partial charge < -0.3 is 20.1 Å². The number of benzene rings is 1. The van der Waals surface area contributed by atoms with E-state index in [1.54, 1.807) is 6.92 Å². The number of carbonyl (C=O) groups is 3. The summed E-state index contributed by atoms with van der Waals surface area (Å²) in [6.07, 6.45) is 0.0320. The average Bonchev–Trinajstić information content (AvgIpc) is 2.60. The van der Waals surface area contributed by atoms with E-state index in [-0.39, 0.29) is 31.4 Å². The first kappa shape index (κ1) is 17.4. The number of hydrogen-bond acceptors (Lipinski definition) is 4. The van der Waals surface area contributed by atoms with Crippen molar-refractivity contribution in [3.8, 4) is 0 Å². The molecular formula is C18H22N2O5. The Kier molecular flexibility index (Phi) is 4.76. The van der Waals surface area contributed by atoms with Crippen LogP contribution in [0.25, 0.3) is 0 Å². The lowest BCUT2D eigenvalue weighted by Crippen LogP contribution is -2.70. The molecule has 2 aliphatic rings. The van der Waals surface area contributed by atoms with Gasteiger partial charge in [-0.25, -0.2) is 4.79 Å². The van der Waals surface area contributed by atoms with Gasteiger partial charge in [-0.05, 0) is 18.9 Å². The van der Waals surface area contributed by atoms with E-state index in [2.05, 4.69) is 5.32 Å². The van der Waals surface area contributed by atoms with Crippen LogP contribution in [0.4, 0.5) is 0 Å². The fourth-order valence-corrected chi connectivity index (χ4v) is 3.60. The van der Waals surface area contributed by atoms with Crippen LogP contribution in [0, 0.1) is 5.41 Å². The molecule has 1 aromatic carbocycles. The van der Waals surface area contributed by atoms with Crippen molar-refractivity contribution in [2.75, 3.05) is 13.1 Å². The van der Waals surface area contributed by atoms with Gasteiger partial charge in [0.15, 0.2) is 6.04 Å². The zero-order valence-corrected chi connectivity index (χ0v) is 14.1. The molecule has 3 rings (SSSR count). The molecule has 3 atom stereocenters. The number of carbonyl (C=O) groups excluding carboxylic acids is 2. The second-order valence-electron chi connectivity index (χ2n) is 6.77. The molecule has 134 valence electrons. The van der Waals surface area contributed by atoms with Gasteiger partial charge in [0, 0.05) is 19.5 Å². The van der Waals surface area contributed by atoms with E-state index in [0.29, 0.717) is 13.0 Å². The molecule has 2 N–H and O–H groups in total. The van der Waals surface area contributed by atoms with Crippen LogP contribution in [0.5, 0.6) is 0 Å². The quantitative estimate of drug-likeness (QED) is 0.742. The Balaban J connectivity index is 1.64. The zero-order chi connectivity index (χ0) is 18.0. The van der Waals surface area contributed by atoms with Crippen LogP contribution in [-0.2, 0) is 25.7 Å². The standard InChI is InChI=1S/C18H22N2O5/c1-12(25-10-13-5-3-2-4-6-13)15(16(22)23)20-11-18(17(20)24)7-8-19-14(21)9-18/h2-6,12,15H,7-11H2,1H3,(H,19,21)(H,22,23). The third-order valence-electron chi connectivity index (χ3n) is 5.00. The molecule has 0 saturated carbocycles. The molecule has 7 nitrogen and oxygen atoms in total. The van der Waals surface area contributed by atoms with E-state index >= 15 is 0 Å². The van der Waals surface area contributed by atoms with Crippen molar-refractivity contribution in [2.24, 2.45) is 5.41 Å². The number of carboxylic acid groups (broad SMARTS) is 1. The van der Waals surface area contributed by atoms with E-state index in [4.69, 9.17) is 4.74 Å². The summed E-state index contributed by atoms with van der Waals surface area (Å²) in [7, 11) is 0. The first-order valence-corrected chi connectivity index (χ1v) is 8.39. The summed E-state index contributed by atoms with van der Waals surface area (Å²) in [6, 6.07) is 8.40. The number of nitrogens with one attached hydrogen (secondary N) is 1. The largest absolute Gasteiger partial charge is 0.480 e. The Morgan fingerprint density at radius 3 is 2.68 bits per heavy atom. The van der Waals surface area contributed by atoms with E-state index in [1.165, 1.54) is 4.90 Å². The molecule has 3 unspecified atom stereocenters. The fourth-order valence-electron chi connectivity index (χ4n) is 3.60. The van der Waals surface area contributed by atoms with Crippen LogP contribution in [0.1, 0.15) is 25.3 Å². The van der Waals surface area contributed by atoms with Crippen molar-refractivity contribution < 1.29 is 24.2 Å². The molecule has 2 amide bonds. The van der Waals surface area contributed by atoms with E-state index in [1.807, 2.05) is 30.3 Å². The predicted molar refractivity (Wildman–Crippen MR) is 88.5 cm³/mol. The highest BCUT2D eigenvalue weighted by Gasteiger charge is 2.57. The number of likely N-dealkylation sites (tertiary alicyclic amines) is 1. The minimum atomic E-state index is -1.09. The summed E-state index contributed by atoms with van der Waals surface area (Å²) in [5.41, 5.74) is 0.212. The average molecular weight is 346 g/mol. The van der Waals surface area contributed by atoms with Crippen molar-refractivity contribution in [1.29, 1.82) is 0 Å². The molecule has 2 saturated heterocycles. The second kappa shape index (κ2) is 6.84. The lowest BCUT2D eigenvalue weighted by atomic mass is 9.70. The smallest absolute Gasteiger partial charge is 0.329 e. The summed E-state index contributed by atoms with van der Waals surface area (Å²) in [4.78, 5) is 37.3. The Morgan fingerprint density at radius 1 is 1.36 bits per heavy atom. The van der Waals surface area contributed by atoms with Crippen molar-refractivity contribution in [2.45, 2.75) is 38.5 Å². The Hall–Kier alpha value is -2.41. The minimum Gasteiger partial charge on any atom is -0.480 e. The third-order valence-corrected chi connectivity index (χ3v) is 5.00. The molecule has 0 aliphatic carbocycles. The summed E-state index contributed by atoms with van der Waals surface area (Å²) in [6.45, 7) is 2.68. The molecule has 25 heavy (non-hydrogen) atoms. The number of hydrogen-bond donors (Lipinski definition) is 2. The number of aliphatic carboxylic acids is 1. The Morgan fingerprint density at radius 2 is 2.08 bits per heavy atom. The van der Waals surface area contributed by atoms with Crippen molar-refractivity contribution in [3.63, 3.8) is 0 Å². The molecule has 7 heteroatoms. The molecule has 1 aromatic rings. The predicted octanol–water partition coefficient (Wildman–Crippen LogP) is 0.783. The van der Waals surface area contributed by atoms with Crippen LogP contribution in [0.15, 0.2) is 30.3 Å². The number of β-lactam (4-membered cyclic amide) rings is 1. The summed E-state index contributed by atoms with van der Waals surface area (Å²) in [5.74, 6) is -1.51. The van der Waals surface area contributed by atoms with Gasteiger partial charge in [-0.2, -0.15) is 0 Å². The lowest BCUT2D eigenvalue weighted by Gasteiger charge is -2.53. The van der Waals surface area contributed by atoms with Gasteiger partial charge in [0.05, 0.1) is 18.1 Å². The molecule has 2 aliphatic heterocycles. The topological polar surface area (TPSA) is 95.9 Å². The highest BCUT2D eigenvalue weighted by atomic mass is 16.5. The molecular weight excluding hydrogens is 324 g/mol. The van der Waals surface area contributed by atoms with Crippen molar-refractivity contribution in [1.82, 2.24) is 10.2 Å². The van der Waals surface area contributed by atoms with Gasteiger partial charge in [-0.1, -0.05) is 30.3 Å². The van der Waals surface area contributed by atoms with Crippen molar-refractivity contribution >= 4 is 17.8 Å². The first-order chi connectivity index (χ1) is 11.9. The maximum Gasteiger partial charge on any atom is 0.329 e. The molecule has 0 aromatic heterocycles. The van der Waals surface area contributed by atoms with Gasteiger partial charge in [-0.3, -0.25) is 9.59 Å². The summed E-state index contributed by atoms with van der Waals surface area (Å²) >= 11 is 0. The first-order valence-electron chi connectivity index (χ1n) is 8.39.